The Morgan fingerprint density at radius 1 is 1.18 bits per heavy atom. The van der Waals surface area contributed by atoms with Crippen LogP contribution >= 0.6 is 0 Å². The van der Waals surface area contributed by atoms with E-state index in [1.165, 1.54) is 23.7 Å². The lowest BCUT2D eigenvalue weighted by atomic mass is 10.0. The molecule has 1 atom stereocenters. The van der Waals surface area contributed by atoms with Crippen molar-refractivity contribution in [2.24, 2.45) is 13.0 Å². The van der Waals surface area contributed by atoms with E-state index < -0.39 is 11.7 Å². The minimum Gasteiger partial charge on any atom is -0.444 e. The quantitative estimate of drug-likeness (QED) is 0.384. The van der Waals surface area contributed by atoms with Crippen LogP contribution in [-0.4, -0.2) is 60.7 Å². The van der Waals surface area contributed by atoms with Crippen molar-refractivity contribution >= 4 is 34.1 Å². The average Bonchev–Trinajstić information content (AvgIpc) is 3.54. The number of pyridine rings is 1. The molecule has 3 aromatic heterocycles. The number of hydrogen-bond donors (Lipinski definition) is 1. The molecule has 2 aliphatic rings. The molecule has 0 saturated heterocycles. The molecule has 1 aliphatic carbocycles. The van der Waals surface area contributed by atoms with Gasteiger partial charge in [0.25, 0.3) is 5.91 Å². The SMILES string of the molecule is C[C@H](CN1CCc2nc3c(cc2C1=O)nc(-c1cc2ccccc2n1CC1CC1)n3C)NC(=O)OC(C)(C)C. The first-order valence-corrected chi connectivity index (χ1v) is 13.8. The summed E-state index contributed by atoms with van der Waals surface area (Å²) in [7, 11) is 2.00. The Hall–Kier alpha value is -3.88. The summed E-state index contributed by atoms with van der Waals surface area (Å²) >= 11 is 0. The van der Waals surface area contributed by atoms with Crippen molar-refractivity contribution in [3.05, 3.63) is 47.7 Å². The van der Waals surface area contributed by atoms with E-state index in [9.17, 15) is 9.59 Å². The van der Waals surface area contributed by atoms with Crippen LogP contribution in [0.15, 0.2) is 36.4 Å². The molecule has 1 saturated carbocycles. The highest BCUT2D eigenvalue weighted by Gasteiger charge is 2.30. The van der Waals surface area contributed by atoms with Gasteiger partial charge in [-0.2, -0.15) is 0 Å². The van der Waals surface area contributed by atoms with Gasteiger partial charge in [0.2, 0.25) is 0 Å². The lowest BCUT2D eigenvalue weighted by molar-refractivity contribution is 0.0483. The number of alkyl carbamates (subject to hydrolysis) is 1. The zero-order valence-electron chi connectivity index (χ0n) is 23.3. The second-order valence-corrected chi connectivity index (χ2v) is 12.0. The van der Waals surface area contributed by atoms with Crippen LogP contribution in [0.2, 0.25) is 0 Å². The molecule has 1 aliphatic heterocycles. The van der Waals surface area contributed by atoms with Crippen LogP contribution in [0.5, 0.6) is 0 Å². The molecule has 204 valence electrons. The third-order valence-corrected chi connectivity index (χ3v) is 7.49. The molecular formula is C30H36N6O3. The number of ether oxygens (including phenoxy) is 1. The van der Waals surface area contributed by atoms with E-state index in [2.05, 4.69) is 44.8 Å². The van der Waals surface area contributed by atoms with Crippen molar-refractivity contribution in [3.8, 4) is 11.5 Å². The van der Waals surface area contributed by atoms with E-state index in [1.54, 1.807) is 4.90 Å². The minimum absolute atomic E-state index is 0.0847. The van der Waals surface area contributed by atoms with E-state index in [0.29, 0.717) is 30.6 Å². The fourth-order valence-electron chi connectivity index (χ4n) is 5.48. The minimum atomic E-state index is -0.575. The number of aryl methyl sites for hydroxylation is 1. The van der Waals surface area contributed by atoms with E-state index in [-0.39, 0.29) is 11.9 Å². The van der Waals surface area contributed by atoms with Gasteiger partial charge < -0.3 is 24.1 Å². The number of para-hydroxylation sites is 1. The lowest BCUT2D eigenvalue weighted by Crippen LogP contribution is -2.48. The molecule has 0 bridgehead atoms. The van der Waals surface area contributed by atoms with Crippen molar-refractivity contribution in [3.63, 3.8) is 0 Å². The highest BCUT2D eigenvalue weighted by Crippen LogP contribution is 2.36. The van der Waals surface area contributed by atoms with Gasteiger partial charge in [0.15, 0.2) is 11.5 Å². The summed E-state index contributed by atoms with van der Waals surface area (Å²) in [5, 5.41) is 4.03. The number of imidazole rings is 1. The van der Waals surface area contributed by atoms with Gasteiger partial charge >= 0.3 is 6.09 Å². The Labute approximate surface area is 228 Å². The molecule has 6 rings (SSSR count). The van der Waals surface area contributed by atoms with Gasteiger partial charge in [-0.3, -0.25) is 4.79 Å². The van der Waals surface area contributed by atoms with Gasteiger partial charge in [-0.25, -0.2) is 14.8 Å². The molecule has 1 aromatic carbocycles. The number of hydrogen-bond acceptors (Lipinski definition) is 5. The molecule has 2 amide bonds. The van der Waals surface area contributed by atoms with Crippen LogP contribution in [0, 0.1) is 5.92 Å². The van der Waals surface area contributed by atoms with Crippen molar-refractivity contribution in [1.82, 2.24) is 29.3 Å². The number of rotatable bonds is 6. The summed E-state index contributed by atoms with van der Waals surface area (Å²) in [5.41, 5.74) is 4.60. The molecule has 0 radical (unpaired) electrons. The van der Waals surface area contributed by atoms with E-state index in [4.69, 9.17) is 14.7 Å². The molecule has 1 fully saturated rings. The molecule has 4 aromatic rings. The largest absolute Gasteiger partial charge is 0.444 e. The number of aromatic nitrogens is 4. The van der Waals surface area contributed by atoms with Crippen molar-refractivity contribution < 1.29 is 14.3 Å². The normalized spacial score (nSPS) is 16.5. The molecule has 1 N–H and O–H groups in total. The standard InChI is InChI=1S/C30H36N6O3/c1-18(31-29(38)39-30(2,3)4)16-35-13-12-22-21(28(35)37)15-23-26(32-22)34(5)27(33-23)25-14-20-8-6-7-9-24(20)36(25)17-19-10-11-19/h6-9,14-15,18-19H,10-13,16-17H2,1-5H3,(H,31,38)/t18-/m1/s1. The molecule has 39 heavy (non-hydrogen) atoms. The third kappa shape index (κ3) is 4.97. The second kappa shape index (κ2) is 9.39. The van der Waals surface area contributed by atoms with Crippen LogP contribution in [-0.2, 0) is 24.8 Å². The molecule has 9 heteroatoms. The van der Waals surface area contributed by atoms with E-state index in [0.717, 1.165) is 35.3 Å². The number of nitrogens with one attached hydrogen (secondary N) is 1. The highest BCUT2D eigenvalue weighted by molar-refractivity contribution is 5.99. The van der Waals surface area contributed by atoms with Crippen LogP contribution in [0.4, 0.5) is 4.79 Å². The van der Waals surface area contributed by atoms with Crippen molar-refractivity contribution in [2.45, 2.75) is 65.1 Å². The van der Waals surface area contributed by atoms with Gasteiger partial charge in [-0.15, -0.1) is 0 Å². The fraction of sp³-hybridized carbons (Fsp3) is 0.467. The number of amides is 2. The van der Waals surface area contributed by atoms with Gasteiger partial charge in [0.1, 0.15) is 11.1 Å². The number of fused-ring (bicyclic) bond motifs is 3. The lowest BCUT2D eigenvalue weighted by Gasteiger charge is -2.31. The number of carbonyl (C=O) groups excluding carboxylic acids is 2. The smallest absolute Gasteiger partial charge is 0.407 e. The predicted molar refractivity (Wildman–Crippen MR) is 151 cm³/mol. The van der Waals surface area contributed by atoms with Gasteiger partial charge in [-0.1, -0.05) is 18.2 Å². The average molecular weight is 529 g/mol. The van der Waals surface area contributed by atoms with E-state index in [1.807, 2.05) is 40.8 Å². The summed E-state index contributed by atoms with van der Waals surface area (Å²) in [5.74, 6) is 1.49. The zero-order chi connectivity index (χ0) is 27.5. The molecule has 0 spiro atoms. The van der Waals surface area contributed by atoms with Crippen LogP contribution in [0.25, 0.3) is 33.6 Å². The molecule has 4 heterocycles. The Kier molecular flexibility index (Phi) is 6.12. The summed E-state index contributed by atoms with van der Waals surface area (Å²) in [6.07, 6.45) is 2.71. The first kappa shape index (κ1) is 25.4. The molecule has 9 nitrogen and oxygen atoms in total. The van der Waals surface area contributed by atoms with Gasteiger partial charge in [0.05, 0.1) is 17.0 Å². The van der Waals surface area contributed by atoms with Gasteiger partial charge in [0, 0.05) is 50.0 Å². The van der Waals surface area contributed by atoms with Crippen LogP contribution in [0.1, 0.15) is 56.6 Å². The van der Waals surface area contributed by atoms with Crippen molar-refractivity contribution in [1.29, 1.82) is 0 Å². The fourth-order valence-corrected chi connectivity index (χ4v) is 5.48. The van der Waals surface area contributed by atoms with Gasteiger partial charge in [-0.05, 0) is 64.7 Å². The highest BCUT2D eigenvalue weighted by atomic mass is 16.6. The van der Waals surface area contributed by atoms with Crippen LogP contribution < -0.4 is 5.32 Å². The maximum Gasteiger partial charge on any atom is 0.407 e. The predicted octanol–water partition coefficient (Wildman–Crippen LogP) is 4.91. The third-order valence-electron chi connectivity index (χ3n) is 7.49. The summed E-state index contributed by atoms with van der Waals surface area (Å²) in [4.78, 5) is 37.3. The maximum atomic E-state index is 13.5. The Morgan fingerprint density at radius 2 is 1.95 bits per heavy atom. The molecular weight excluding hydrogens is 492 g/mol. The Balaban J connectivity index is 1.28. The number of nitrogens with zero attached hydrogens (tertiary/aromatic N) is 5. The summed E-state index contributed by atoms with van der Waals surface area (Å²) in [6, 6.07) is 12.3. The Bertz CT molecular complexity index is 1590. The second-order valence-electron chi connectivity index (χ2n) is 12.0. The van der Waals surface area contributed by atoms with E-state index >= 15 is 0 Å². The van der Waals surface area contributed by atoms with Crippen LogP contribution in [0.3, 0.4) is 0 Å². The Morgan fingerprint density at radius 3 is 2.69 bits per heavy atom. The zero-order valence-corrected chi connectivity index (χ0v) is 23.3. The number of carbonyl (C=O) groups is 2. The summed E-state index contributed by atoms with van der Waals surface area (Å²) in [6.45, 7) is 9.28. The topological polar surface area (TPSA) is 94.3 Å². The first-order valence-electron chi connectivity index (χ1n) is 13.8. The van der Waals surface area contributed by atoms with Crippen molar-refractivity contribution in [2.75, 3.05) is 13.1 Å². The number of benzene rings is 1. The molecule has 0 unspecified atom stereocenters. The monoisotopic (exact) mass is 528 g/mol. The maximum absolute atomic E-state index is 13.5. The first-order chi connectivity index (χ1) is 18.6. The summed E-state index contributed by atoms with van der Waals surface area (Å²) < 4.78 is 9.80.